The molecule has 3 rings (SSSR count). The Morgan fingerprint density at radius 1 is 0.939 bits per heavy atom. The highest BCUT2D eigenvalue weighted by atomic mass is 19.4. The maximum absolute atomic E-state index is 10.6. The van der Waals surface area contributed by atoms with Crippen molar-refractivity contribution in [2.24, 2.45) is 0 Å². The summed E-state index contributed by atoms with van der Waals surface area (Å²) in [5.74, 6) is -4.55. The molecule has 8 nitrogen and oxygen atoms in total. The van der Waals surface area contributed by atoms with Gasteiger partial charge in [0.05, 0.1) is 0 Å². The molecule has 0 amide bonds. The van der Waals surface area contributed by atoms with E-state index in [2.05, 4.69) is 38.9 Å². The number of aromatic nitrogens is 2. The molecule has 0 atom stereocenters. The standard InChI is InChI=1S/C15H20N4.2C2HF3O2/c1-18-7-9-19(10-8-18)12-14-11-16-15(17-14)13-5-3-2-4-6-13;2*3-2(4,5)1(6)7/h2-6,11H,7-10,12H2,1H3,(H,16,17);2*(H,6,7). The van der Waals surface area contributed by atoms with Gasteiger partial charge in [-0.05, 0) is 7.05 Å². The van der Waals surface area contributed by atoms with Gasteiger partial charge in [0, 0.05) is 50.2 Å². The first-order valence-electron chi connectivity index (χ1n) is 9.30. The van der Waals surface area contributed by atoms with Gasteiger partial charge in [-0.25, -0.2) is 14.6 Å². The summed E-state index contributed by atoms with van der Waals surface area (Å²) in [5, 5.41) is 14.2. The number of rotatable bonds is 3. The maximum Gasteiger partial charge on any atom is 0.490 e. The average Bonchev–Trinajstić information content (AvgIpc) is 3.18. The number of imidazole rings is 1. The Kier molecular flexibility index (Phi) is 10.3. The zero-order valence-corrected chi connectivity index (χ0v) is 17.3. The van der Waals surface area contributed by atoms with Gasteiger partial charge in [0.25, 0.3) is 0 Å². The van der Waals surface area contributed by atoms with Gasteiger partial charge in [0.15, 0.2) is 0 Å². The molecule has 0 spiro atoms. The van der Waals surface area contributed by atoms with Crippen LogP contribution >= 0.6 is 0 Å². The lowest BCUT2D eigenvalue weighted by Gasteiger charge is -2.31. The molecule has 1 aliphatic rings. The summed E-state index contributed by atoms with van der Waals surface area (Å²) in [5.41, 5.74) is 2.34. The Hall–Kier alpha value is -3.13. The summed E-state index contributed by atoms with van der Waals surface area (Å²) >= 11 is 0. The smallest absolute Gasteiger partial charge is 0.475 e. The highest BCUT2D eigenvalue weighted by Gasteiger charge is 2.38. The lowest BCUT2D eigenvalue weighted by Crippen LogP contribution is -2.43. The normalized spacial score (nSPS) is 15.0. The fraction of sp³-hybridized carbons (Fsp3) is 0.421. The number of nitrogens with zero attached hydrogens (tertiary/aromatic N) is 3. The van der Waals surface area contributed by atoms with Gasteiger partial charge in [-0.3, -0.25) is 4.90 Å². The van der Waals surface area contributed by atoms with Gasteiger partial charge in [-0.15, -0.1) is 0 Å². The molecule has 0 bridgehead atoms. The van der Waals surface area contributed by atoms with Crippen LogP contribution in [-0.2, 0) is 16.1 Å². The molecule has 2 aromatic rings. The quantitative estimate of drug-likeness (QED) is 0.575. The topological polar surface area (TPSA) is 110 Å². The molecule has 0 unspecified atom stereocenters. The first-order chi connectivity index (χ1) is 15.2. The van der Waals surface area contributed by atoms with Gasteiger partial charge >= 0.3 is 24.3 Å². The first kappa shape index (κ1) is 27.9. The van der Waals surface area contributed by atoms with E-state index >= 15 is 0 Å². The number of hydrogen-bond donors (Lipinski definition) is 3. The van der Waals surface area contributed by atoms with Gasteiger partial charge < -0.3 is 20.1 Å². The van der Waals surface area contributed by atoms with E-state index in [1.807, 2.05) is 24.4 Å². The number of aliphatic carboxylic acids is 2. The molecular weight excluding hydrogens is 462 g/mol. The van der Waals surface area contributed by atoms with Crippen molar-refractivity contribution in [2.75, 3.05) is 33.2 Å². The maximum atomic E-state index is 10.6. The molecule has 0 saturated carbocycles. The van der Waals surface area contributed by atoms with Crippen molar-refractivity contribution in [2.45, 2.75) is 18.9 Å². The van der Waals surface area contributed by atoms with Crippen molar-refractivity contribution < 1.29 is 46.1 Å². The Morgan fingerprint density at radius 3 is 1.82 bits per heavy atom. The van der Waals surface area contributed by atoms with Crippen LogP contribution in [0.1, 0.15) is 5.69 Å². The Balaban J connectivity index is 0.000000324. The highest BCUT2D eigenvalue weighted by Crippen LogP contribution is 2.16. The molecule has 33 heavy (non-hydrogen) atoms. The van der Waals surface area contributed by atoms with Crippen LogP contribution in [0.4, 0.5) is 26.3 Å². The van der Waals surface area contributed by atoms with E-state index in [0.29, 0.717) is 0 Å². The molecule has 1 fully saturated rings. The van der Waals surface area contributed by atoms with Crippen molar-refractivity contribution in [1.82, 2.24) is 19.8 Å². The van der Waals surface area contributed by atoms with E-state index in [-0.39, 0.29) is 0 Å². The van der Waals surface area contributed by atoms with Crippen LogP contribution in [-0.4, -0.2) is 87.5 Å². The largest absolute Gasteiger partial charge is 0.490 e. The van der Waals surface area contributed by atoms with Gasteiger partial charge in [-0.2, -0.15) is 26.3 Å². The number of H-pyrrole nitrogens is 1. The summed E-state index contributed by atoms with van der Waals surface area (Å²) in [7, 11) is 2.18. The number of carbonyl (C=O) groups is 2. The average molecular weight is 484 g/mol. The van der Waals surface area contributed by atoms with E-state index in [1.54, 1.807) is 0 Å². The molecule has 3 N–H and O–H groups in total. The number of alkyl halides is 6. The number of aromatic amines is 1. The summed E-state index contributed by atoms with van der Waals surface area (Å²) in [4.78, 5) is 30.5. The second-order valence-electron chi connectivity index (χ2n) is 6.81. The number of halogens is 6. The summed E-state index contributed by atoms with van der Waals surface area (Å²) < 4.78 is 63.5. The lowest BCUT2D eigenvalue weighted by atomic mass is 10.2. The molecule has 1 saturated heterocycles. The summed E-state index contributed by atoms with van der Waals surface area (Å²) in [6, 6.07) is 10.3. The highest BCUT2D eigenvalue weighted by molar-refractivity contribution is 5.73. The van der Waals surface area contributed by atoms with Crippen LogP contribution in [0.3, 0.4) is 0 Å². The molecule has 0 radical (unpaired) electrons. The van der Waals surface area contributed by atoms with Crippen LogP contribution in [0.25, 0.3) is 11.4 Å². The van der Waals surface area contributed by atoms with Crippen molar-refractivity contribution in [1.29, 1.82) is 0 Å². The Morgan fingerprint density at radius 2 is 1.39 bits per heavy atom. The van der Waals surface area contributed by atoms with E-state index in [0.717, 1.165) is 44.1 Å². The number of benzene rings is 1. The van der Waals surface area contributed by atoms with Gasteiger partial charge in [0.2, 0.25) is 0 Å². The number of hydrogen-bond acceptors (Lipinski definition) is 5. The zero-order valence-electron chi connectivity index (χ0n) is 17.3. The molecule has 14 heteroatoms. The van der Waals surface area contributed by atoms with E-state index in [1.165, 1.54) is 5.69 Å². The van der Waals surface area contributed by atoms with Gasteiger partial charge in [0.1, 0.15) is 5.82 Å². The minimum absolute atomic E-state index is 0.963. The van der Waals surface area contributed by atoms with Crippen molar-refractivity contribution in [3.63, 3.8) is 0 Å². The third-order valence-corrected chi connectivity index (χ3v) is 4.15. The third kappa shape index (κ3) is 10.8. The molecular formula is C19H22F6N4O4. The predicted molar refractivity (Wildman–Crippen MR) is 104 cm³/mol. The number of piperazine rings is 1. The molecule has 1 aliphatic heterocycles. The number of carboxylic acids is 2. The van der Waals surface area contributed by atoms with Crippen molar-refractivity contribution in [3.8, 4) is 11.4 Å². The zero-order chi connectivity index (χ0) is 25.2. The SMILES string of the molecule is CN1CCN(Cc2cnc(-c3ccccc3)[nH]2)CC1.O=C(O)C(F)(F)F.O=C(O)C(F)(F)F. The Labute approximate surface area is 184 Å². The van der Waals surface area contributed by atoms with Crippen LogP contribution in [0.5, 0.6) is 0 Å². The molecule has 184 valence electrons. The number of likely N-dealkylation sites (N-methyl/N-ethyl adjacent to an activating group) is 1. The minimum atomic E-state index is -5.08. The van der Waals surface area contributed by atoms with Gasteiger partial charge in [-0.1, -0.05) is 30.3 Å². The monoisotopic (exact) mass is 484 g/mol. The fourth-order valence-corrected chi connectivity index (χ4v) is 2.43. The van der Waals surface area contributed by atoms with Crippen molar-refractivity contribution in [3.05, 3.63) is 42.2 Å². The second-order valence-corrected chi connectivity index (χ2v) is 6.81. The molecule has 1 aromatic heterocycles. The molecule has 1 aromatic carbocycles. The van der Waals surface area contributed by atoms with Crippen LogP contribution < -0.4 is 0 Å². The van der Waals surface area contributed by atoms with E-state index in [9.17, 15) is 26.3 Å². The lowest BCUT2D eigenvalue weighted by molar-refractivity contribution is -0.193. The van der Waals surface area contributed by atoms with Crippen LogP contribution in [0.2, 0.25) is 0 Å². The third-order valence-electron chi connectivity index (χ3n) is 4.15. The van der Waals surface area contributed by atoms with Crippen LogP contribution in [0, 0.1) is 0 Å². The molecule has 2 heterocycles. The van der Waals surface area contributed by atoms with Crippen LogP contribution in [0.15, 0.2) is 36.5 Å². The number of carboxylic acid groups (broad SMARTS) is 2. The van der Waals surface area contributed by atoms with E-state index < -0.39 is 24.3 Å². The predicted octanol–water partition coefficient (Wildman–Crippen LogP) is 3.09. The fourth-order valence-electron chi connectivity index (χ4n) is 2.43. The van der Waals surface area contributed by atoms with E-state index in [4.69, 9.17) is 19.8 Å². The Bertz CT molecular complexity index is 854. The number of nitrogens with one attached hydrogen (secondary N) is 1. The first-order valence-corrected chi connectivity index (χ1v) is 9.30. The van der Waals surface area contributed by atoms with Crippen molar-refractivity contribution >= 4 is 11.9 Å². The summed E-state index contributed by atoms with van der Waals surface area (Å²) in [6.07, 6.45) is -8.21. The molecule has 0 aliphatic carbocycles. The second kappa shape index (κ2) is 12.2. The summed E-state index contributed by atoms with van der Waals surface area (Å²) in [6.45, 7) is 5.54. The minimum Gasteiger partial charge on any atom is -0.475 e.